The third kappa shape index (κ3) is 2.92. The number of benzene rings is 1. The normalized spacial score (nSPS) is 39.3. The molecule has 2 saturated carbocycles. The number of rotatable bonds is 5. The number of likely N-dealkylation sites (tertiary alicyclic amines) is 1. The van der Waals surface area contributed by atoms with Crippen molar-refractivity contribution < 1.29 is 9.16 Å². The highest BCUT2D eigenvalue weighted by atomic mass is 28.4. The Bertz CT molecular complexity index is 942. The van der Waals surface area contributed by atoms with Crippen LogP contribution in [-0.4, -0.2) is 58.7 Å². The number of nitrogens with one attached hydrogen (secondary N) is 1. The van der Waals surface area contributed by atoms with Crippen LogP contribution >= 0.6 is 0 Å². The van der Waals surface area contributed by atoms with Crippen molar-refractivity contribution in [2.75, 3.05) is 33.4 Å². The van der Waals surface area contributed by atoms with Gasteiger partial charge < -0.3 is 14.5 Å². The number of ether oxygens (including phenoxy) is 1. The Morgan fingerprint density at radius 1 is 1.21 bits per heavy atom. The van der Waals surface area contributed by atoms with Crippen LogP contribution in [0.2, 0.25) is 18.1 Å². The van der Waals surface area contributed by atoms with E-state index in [0.717, 1.165) is 36.8 Å². The van der Waals surface area contributed by atoms with Crippen LogP contribution in [0.15, 0.2) is 18.2 Å². The summed E-state index contributed by atoms with van der Waals surface area (Å²) in [5.41, 5.74) is 4.04. The molecule has 1 N–H and O–H groups in total. The number of piperidine rings is 1. The summed E-state index contributed by atoms with van der Waals surface area (Å²) in [5.74, 6) is 2.71. The Kier molecular flexibility index (Phi) is 5.00. The smallest absolute Gasteiger partial charge is 0.192 e. The molecule has 0 spiro atoms. The summed E-state index contributed by atoms with van der Waals surface area (Å²) in [6, 6.07) is 8.43. The minimum atomic E-state index is -1.70. The molecule has 5 heteroatoms. The van der Waals surface area contributed by atoms with Gasteiger partial charge in [0.25, 0.3) is 0 Å². The zero-order valence-corrected chi connectivity index (χ0v) is 22.7. The molecule has 33 heavy (non-hydrogen) atoms. The van der Waals surface area contributed by atoms with Crippen LogP contribution in [0.3, 0.4) is 0 Å². The lowest BCUT2D eigenvalue weighted by Gasteiger charge is -2.66. The van der Waals surface area contributed by atoms with E-state index in [1.54, 1.807) is 11.1 Å². The van der Waals surface area contributed by atoms with Gasteiger partial charge in [0.05, 0.1) is 7.11 Å². The summed E-state index contributed by atoms with van der Waals surface area (Å²) in [4.78, 5) is 2.87. The molecular weight excluding hydrogens is 424 g/mol. The van der Waals surface area contributed by atoms with Crippen LogP contribution in [0.4, 0.5) is 0 Å². The third-order valence-corrected chi connectivity index (χ3v) is 15.8. The van der Waals surface area contributed by atoms with Crippen LogP contribution in [0.1, 0.15) is 57.6 Å². The van der Waals surface area contributed by atoms with E-state index >= 15 is 0 Å². The summed E-state index contributed by atoms with van der Waals surface area (Å²) in [5, 5.41) is 4.23. The fourth-order valence-electron chi connectivity index (χ4n) is 8.97. The summed E-state index contributed by atoms with van der Waals surface area (Å²) in [6.45, 7) is 16.3. The van der Waals surface area contributed by atoms with Crippen molar-refractivity contribution in [2.24, 2.45) is 17.3 Å². The Labute approximate surface area is 201 Å². The first kappa shape index (κ1) is 22.6. The molecule has 3 aliphatic carbocycles. The maximum Gasteiger partial charge on any atom is 0.192 e. The van der Waals surface area contributed by atoms with Gasteiger partial charge in [-0.25, -0.2) is 0 Å². The van der Waals surface area contributed by atoms with Gasteiger partial charge in [-0.15, -0.1) is 0 Å². The van der Waals surface area contributed by atoms with Gasteiger partial charge in [0, 0.05) is 30.7 Å². The third-order valence-electron chi connectivity index (χ3n) is 11.3. The maximum atomic E-state index is 6.67. The first-order chi connectivity index (χ1) is 15.6. The highest BCUT2D eigenvalue weighted by Gasteiger charge is 2.74. The fourth-order valence-corrected chi connectivity index (χ4v) is 10.0. The van der Waals surface area contributed by atoms with Gasteiger partial charge in [0.15, 0.2) is 8.32 Å². The van der Waals surface area contributed by atoms with E-state index in [-0.39, 0.29) is 5.04 Å². The maximum absolute atomic E-state index is 6.67. The lowest BCUT2D eigenvalue weighted by atomic mass is 9.43. The molecule has 2 aliphatic heterocycles. The molecule has 6 rings (SSSR count). The van der Waals surface area contributed by atoms with E-state index in [9.17, 15) is 0 Å². The summed E-state index contributed by atoms with van der Waals surface area (Å²) in [7, 11) is 0.122. The second-order valence-corrected chi connectivity index (χ2v) is 18.1. The predicted molar refractivity (Wildman–Crippen MR) is 137 cm³/mol. The zero-order valence-electron chi connectivity index (χ0n) is 21.7. The van der Waals surface area contributed by atoms with Crippen molar-refractivity contribution in [3.05, 3.63) is 29.3 Å². The average Bonchev–Trinajstić information content (AvgIpc) is 3.24. The molecule has 0 radical (unpaired) electrons. The Hall–Kier alpha value is -0.883. The van der Waals surface area contributed by atoms with E-state index < -0.39 is 8.32 Å². The number of hydrogen-bond donors (Lipinski definition) is 1. The van der Waals surface area contributed by atoms with Crippen molar-refractivity contribution in [2.45, 2.75) is 88.5 Å². The van der Waals surface area contributed by atoms with E-state index in [2.05, 4.69) is 62.3 Å². The molecule has 4 bridgehead atoms. The molecule has 4 fully saturated rings. The molecule has 1 aromatic rings. The average molecular weight is 469 g/mol. The van der Waals surface area contributed by atoms with Crippen LogP contribution < -0.4 is 10.1 Å². The van der Waals surface area contributed by atoms with E-state index in [0.29, 0.717) is 16.9 Å². The highest BCUT2D eigenvalue weighted by molar-refractivity contribution is 6.74. The second kappa shape index (κ2) is 7.31. The van der Waals surface area contributed by atoms with Gasteiger partial charge >= 0.3 is 0 Å². The lowest BCUT2D eigenvalue weighted by Crippen LogP contribution is -2.69. The molecular formula is C28H44N2O2Si. The van der Waals surface area contributed by atoms with Crippen molar-refractivity contribution in [3.63, 3.8) is 0 Å². The van der Waals surface area contributed by atoms with Gasteiger partial charge in [-0.05, 0) is 104 Å². The Balaban J connectivity index is 1.35. The molecule has 2 heterocycles. The first-order valence-electron chi connectivity index (χ1n) is 13.4. The van der Waals surface area contributed by atoms with Gasteiger partial charge in [-0.2, -0.15) is 0 Å². The quantitative estimate of drug-likeness (QED) is 0.619. The molecule has 1 aromatic carbocycles. The SMILES string of the molecule is COc1ccc2c(c1)[C@]13CCN(CCO[Si](C)(C)C(C)(C)C)[C@H](C2)[C@]12CCC1NC[C@@H](C2)C13. The largest absolute Gasteiger partial charge is 0.497 e. The molecule has 6 atom stereocenters. The predicted octanol–water partition coefficient (Wildman–Crippen LogP) is 4.97. The van der Waals surface area contributed by atoms with Crippen LogP contribution in [0.5, 0.6) is 5.75 Å². The van der Waals surface area contributed by atoms with Gasteiger partial charge in [0.2, 0.25) is 0 Å². The Morgan fingerprint density at radius 3 is 2.79 bits per heavy atom. The van der Waals surface area contributed by atoms with Crippen molar-refractivity contribution in [1.82, 2.24) is 10.2 Å². The minimum Gasteiger partial charge on any atom is -0.497 e. The van der Waals surface area contributed by atoms with E-state index in [4.69, 9.17) is 9.16 Å². The Morgan fingerprint density at radius 2 is 2.03 bits per heavy atom. The standard InChI is InChI=1S/C28H44N2O2Si/c1-26(2,3)33(5,6)32-14-13-30-12-11-28-22-16-21(31-4)8-7-19(22)15-24(30)27(28)10-9-23-25(28)20(17-27)18-29-23/h7-8,16,20,23-25,29H,9-15,17-18H2,1-6H3/t20-,23?,24-,25?,27-,28+/m1/s1. The first-order valence-corrected chi connectivity index (χ1v) is 16.3. The summed E-state index contributed by atoms with van der Waals surface area (Å²) < 4.78 is 12.4. The van der Waals surface area contributed by atoms with Crippen molar-refractivity contribution in [1.29, 1.82) is 0 Å². The molecule has 0 aromatic heterocycles. The lowest BCUT2D eigenvalue weighted by molar-refractivity contribution is -0.0953. The topological polar surface area (TPSA) is 33.7 Å². The molecule has 0 amide bonds. The molecule has 4 nitrogen and oxygen atoms in total. The van der Waals surface area contributed by atoms with Crippen molar-refractivity contribution in [3.8, 4) is 5.75 Å². The van der Waals surface area contributed by atoms with E-state index in [1.807, 2.05) is 7.11 Å². The number of hydrogen-bond acceptors (Lipinski definition) is 4. The number of methoxy groups -OCH3 is 1. The highest BCUT2D eigenvalue weighted by Crippen LogP contribution is 2.74. The van der Waals surface area contributed by atoms with Gasteiger partial charge in [-0.1, -0.05) is 26.8 Å². The summed E-state index contributed by atoms with van der Waals surface area (Å²) >= 11 is 0. The van der Waals surface area contributed by atoms with Crippen LogP contribution in [-0.2, 0) is 16.3 Å². The monoisotopic (exact) mass is 468 g/mol. The van der Waals surface area contributed by atoms with Gasteiger partial charge in [0.1, 0.15) is 5.75 Å². The number of fused-ring (bicyclic) bond motifs is 1. The molecule has 2 saturated heterocycles. The molecule has 5 aliphatic rings. The van der Waals surface area contributed by atoms with Crippen molar-refractivity contribution >= 4 is 8.32 Å². The van der Waals surface area contributed by atoms with Crippen LogP contribution in [0.25, 0.3) is 0 Å². The van der Waals surface area contributed by atoms with Crippen LogP contribution in [0, 0.1) is 17.3 Å². The second-order valence-electron chi connectivity index (χ2n) is 13.3. The molecule has 2 unspecified atom stereocenters. The molecule has 182 valence electrons. The number of nitrogens with zero attached hydrogens (tertiary/aromatic N) is 1. The van der Waals surface area contributed by atoms with E-state index in [1.165, 1.54) is 45.2 Å². The fraction of sp³-hybridized carbons (Fsp3) is 0.786. The minimum absolute atomic E-state index is 0.278. The zero-order chi connectivity index (χ0) is 23.2. The van der Waals surface area contributed by atoms with Gasteiger partial charge in [-0.3, -0.25) is 4.90 Å². The summed E-state index contributed by atoms with van der Waals surface area (Å²) in [6.07, 6.45) is 6.69.